The highest BCUT2D eigenvalue weighted by Crippen LogP contribution is 2.55. The second-order valence-electron chi connectivity index (χ2n) is 11.3. The molecule has 152 valence electrons. The minimum Gasteiger partial charge on any atom is -0.455 e. The van der Waals surface area contributed by atoms with Crippen molar-refractivity contribution in [3.8, 4) is 0 Å². The quantitative estimate of drug-likeness (QED) is 0.738. The molecule has 27 heavy (non-hydrogen) atoms. The van der Waals surface area contributed by atoms with E-state index in [2.05, 4.69) is 26.1 Å². The molecule has 5 aliphatic carbocycles. The predicted octanol–water partition coefficient (Wildman–Crippen LogP) is 4.47. The number of rotatable bonds is 4. The van der Waals surface area contributed by atoms with Crippen molar-refractivity contribution in [1.29, 1.82) is 0 Å². The lowest BCUT2D eigenvalue weighted by Crippen LogP contribution is -2.60. The van der Waals surface area contributed by atoms with Crippen LogP contribution < -0.4 is 5.32 Å². The average Bonchev–Trinajstić information content (AvgIpc) is 2.57. The third-order valence-corrected chi connectivity index (χ3v) is 8.07. The standard InChI is InChI=1S/C23H37NO3/c1-22(2,3)19-6-4-18(5-7-19)21(26)27-14-20(25)24-23-11-15-8-16(12-23)10-17(9-15)13-23/h15-19H,4-14H2,1-3H3,(H,24,25). The van der Waals surface area contributed by atoms with Crippen LogP contribution in [0.3, 0.4) is 0 Å². The zero-order valence-electron chi connectivity index (χ0n) is 17.4. The smallest absolute Gasteiger partial charge is 0.309 e. The summed E-state index contributed by atoms with van der Waals surface area (Å²) in [5, 5.41) is 3.29. The summed E-state index contributed by atoms with van der Waals surface area (Å²) in [5.41, 5.74) is 0.315. The third-order valence-electron chi connectivity index (χ3n) is 8.07. The Morgan fingerprint density at radius 3 is 1.93 bits per heavy atom. The van der Waals surface area contributed by atoms with Crippen molar-refractivity contribution in [2.45, 2.75) is 90.5 Å². The predicted molar refractivity (Wildman–Crippen MR) is 105 cm³/mol. The van der Waals surface area contributed by atoms with Crippen LogP contribution in [0.5, 0.6) is 0 Å². The Balaban J connectivity index is 1.22. The number of esters is 1. The zero-order chi connectivity index (χ0) is 19.2. The van der Waals surface area contributed by atoms with E-state index in [1.165, 1.54) is 19.3 Å². The van der Waals surface area contributed by atoms with Gasteiger partial charge in [-0.25, -0.2) is 0 Å². The van der Waals surface area contributed by atoms with Gasteiger partial charge in [-0.15, -0.1) is 0 Å². The molecule has 0 unspecified atom stereocenters. The molecule has 1 amide bonds. The first-order valence-corrected chi connectivity index (χ1v) is 11.2. The number of amides is 1. The van der Waals surface area contributed by atoms with Gasteiger partial charge in [0.1, 0.15) is 0 Å². The van der Waals surface area contributed by atoms with Crippen LogP contribution in [0.1, 0.15) is 85.0 Å². The molecule has 0 saturated heterocycles. The maximum atomic E-state index is 12.5. The van der Waals surface area contributed by atoms with Gasteiger partial charge in [0.15, 0.2) is 6.61 Å². The average molecular weight is 376 g/mol. The van der Waals surface area contributed by atoms with E-state index in [1.54, 1.807) is 0 Å². The largest absolute Gasteiger partial charge is 0.455 e. The summed E-state index contributed by atoms with van der Waals surface area (Å²) >= 11 is 0. The molecule has 4 nitrogen and oxygen atoms in total. The van der Waals surface area contributed by atoms with Gasteiger partial charge in [-0.2, -0.15) is 0 Å². The van der Waals surface area contributed by atoms with Crippen LogP contribution in [0.4, 0.5) is 0 Å². The summed E-state index contributed by atoms with van der Waals surface area (Å²) in [7, 11) is 0. The maximum Gasteiger partial charge on any atom is 0.309 e. The van der Waals surface area contributed by atoms with E-state index in [1.807, 2.05) is 0 Å². The fraction of sp³-hybridized carbons (Fsp3) is 0.913. The van der Waals surface area contributed by atoms with Crippen LogP contribution in [-0.2, 0) is 14.3 Å². The molecule has 0 spiro atoms. The Morgan fingerprint density at radius 1 is 0.926 bits per heavy atom. The van der Waals surface area contributed by atoms with Crippen molar-refractivity contribution in [1.82, 2.24) is 5.32 Å². The Hall–Kier alpha value is -1.06. The van der Waals surface area contributed by atoms with Gasteiger partial charge in [0.25, 0.3) is 5.91 Å². The van der Waals surface area contributed by atoms with Gasteiger partial charge >= 0.3 is 5.97 Å². The van der Waals surface area contributed by atoms with Gasteiger partial charge in [0.05, 0.1) is 5.92 Å². The van der Waals surface area contributed by atoms with Crippen molar-refractivity contribution in [3.05, 3.63) is 0 Å². The molecule has 4 bridgehead atoms. The second kappa shape index (κ2) is 7.08. The number of ether oxygens (including phenoxy) is 1. The van der Waals surface area contributed by atoms with Gasteiger partial charge < -0.3 is 10.1 Å². The number of carbonyl (C=O) groups is 2. The van der Waals surface area contributed by atoms with E-state index >= 15 is 0 Å². The maximum absolute atomic E-state index is 12.5. The molecule has 1 N–H and O–H groups in total. The minimum absolute atomic E-state index is 0.00299. The number of carbonyl (C=O) groups excluding carboxylic acids is 2. The van der Waals surface area contributed by atoms with Crippen LogP contribution >= 0.6 is 0 Å². The molecule has 0 atom stereocenters. The molecule has 4 heteroatoms. The Kier molecular flexibility index (Phi) is 5.05. The SMILES string of the molecule is CC(C)(C)C1CCC(C(=O)OCC(=O)NC23CC4CC(CC(C4)C2)C3)CC1. The van der Waals surface area contributed by atoms with Crippen LogP contribution in [0.15, 0.2) is 0 Å². The van der Waals surface area contributed by atoms with E-state index in [0.717, 1.165) is 62.7 Å². The normalized spacial score (nSPS) is 40.6. The van der Waals surface area contributed by atoms with E-state index in [-0.39, 0.29) is 29.9 Å². The summed E-state index contributed by atoms with van der Waals surface area (Å²) in [4.78, 5) is 24.9. The van der Waals surface area contributed by atoms with Crippen molar-refractivity contribution in [2.24, 2.45) is 35.0 Å². The van der Waals surface area contributed by atoms with Gasteiger partial charge in [0, 0.05) is 5.54 Å². The molecule has 5 rings (SSSR count). The van der Waals surface area contributed by atoms with E-state index in [9.17, 15) is 9.59 Å². The van der Waals surface area contributed by atoms with Crippen LogP contribution in [0, 0.1) is 35.0 Å². The summed E-state index contributed by atoms with van der Waals surface area (Å²) in [5.74, 6) is 2.82. The zero-order valence-corrected chi connectivity index (χ0v) is 17.4. The first-order valence-electron chi connectivity index (χ1n) is 11.2. The van der Waals surface area contributed by atoms with Crippen LogP contribution in [0.2, 0.25) is 0 Å². The molecule has 0 aromatic heterocycles. The van der Waals surface area contributed by atoms with Crippen molar-refractivity contribution in [2.75, 3.05) is 6.61 Å². The summed E-state index contributed by atoms with van der Waals surface area (Å²) in [6, 6.07) is 0. The Labute approximate surface area is 164 Å². The van der Waals surface area contributed by atoms with Gasteiger partial charge in [-0.1, -0.05) is 20.8 Å². The van der Waals surface area contributed by atoms with E-state index in [4.69, 9.17) is 4.74 Å². The topological polar surface area (TPSA) is 55.4 Å². The lowest BCUT2D eigenvalue weighted by Gasteiger charge is -2.56. The van der Waals surface area contributed by atoms with Crippen molar-refractivity contribution >= 4 is 11.9 Å². The Morgan fingerprint density at radius 2 is 1.44 bits per heavy atom. The van der Waals surface area contributed by atoms with Gasteiger partial charge in [0.2, 0.25) is 0 Å². The molecule has 0 aromatic rings. The van der Waals surface area contributed by atoms with Gasteiger partial charge in [-0.05, 0) is 93.3 Å². The molecule has 5 aliphatic rings. The van der Waals surface area contributed by atoms with Crippen molar-refractivity contribution < 1.29 is 14.3 Å². The monoisotopic (exact) mass is 375 g/mol. The van der Waals surface area contributed by atoms with Crippen molar-refractivity contribution in [3.63, 3.8) is 0 Å². The lowest BCUT2D eigenvalue weighted by molar-refractivity contribution is -0.155. The summed E-state index contributed by atoms with van der Waals surface area (Å²) < 4.78 is 5.43. The number of hydrogen-bond donors (Lipinski definition) is 1. The molecular weight excluding hydrogens is 338 g/mol. The van der Waals surface area contributed by atoms with E-state index in [0.29, 0.717) is 11.3 Å². The highest BCUT2D eigenvalue weighted by atomic mass is 16.5. The molecule has 5 saturated carbocycles. The van der Waals surface area contributed by atoms with Gasteiger partial charge in [-0.3, -0.25) is 9.59 Å². The molecule has 0 heterocycles. The number of hydrogen-bond acceptors (Lipinski definition) is 3. The third kappa shape index (κ3) is 4.19. The second-order valence-corrected chi connectivity index (χ2v) is 11.3. The number of nitrogens with one attached hydrogen (secondary N) is 1. The minimum atomic E-state index is -0.164. The highest BCUT2D eigenvalue weighted by molar-refractivity contribution is 5.81. The molecule has 0 aromatic carbocycles. The fourth-order valence-electron chi connectivity index (χ4n) is 7.05. The first-order chi connectivity index (χ1) is 12.7. The summed E-state index contributed by atoms with van der Waals surface area (Å²) in [6.07, 6.45) is 11.5. The molecule has 5 fully saturated rings. The van der Waals surface area contributed by atoms with Crippen LogP contribution in [-0.4, -0.2) is 24.0 Å². The van der Waals surface area contributed by atoms with E-state index < -0.39 is 0 Å². The first kappa shape index (κ1) is 19.3. The molecular formula is C23H37NO3. The van der Waals surface area contributed by atoms with Crippen LogP contribution in [0.25, 0.3) is 0 Å². The highest BCUT2D eigenvalue weighted by Gasteiger charge is 2.51. The fourth-order valence-corrected chi connectivity index (χ4v) is 7.05. The molecule has 0 aliphatic heterocycles. The lowest BCUT2D eigenvalue weighted by atomic mass is 9.53. The summed E-state index contributed by atoms with van der Waals surface area (Å²) in [6.45, 7) is 6.75. The Bertz CT molecular complexity index is 548. The molecule has 0 radical (unpaired) electrons.